The number of nitro benzene ring substituents is 1. The van der Waals surface area contributed by atoms with Crippen molar-refractivity contribution in [3.05, 3.63) is 63.2 Å². The molecule has 0 radical (unpaired) electrons. The lowest BCUT2D eigenvalue weighted by atomic mass is 10.1. The van der Waals surface area contributed by atoms with Gasteiger partial charge < -0.3 is 20.9 Å². The fraction of sp³-hybridized carbons (Fsp3) is 0.263. The SMILES string of the molecule is Nc1ccc(C(=O)NCC(=O)N2CCN(c3cccc(Cl)c3)CC2)cc1[N+](=O)[O-]. The molecule has 1 heterocycles. The number of hydrogen-bond acceptors (Lipinski definition) is 6. The Hall–Kier alpha value is -3.33. The number of benzene rings is 2. The van der Waals surface area contributed by atoms with E-state index in [9.17, 15) is 19.7 Å². The van der Waals surface area contributed by atoms with Gasteiger partial charge in [-0.3, -0.25) is 19.7 Å². The van der Waals surface area contributed by atoms with E-state index in [0.29, 0.717) is 31.2 Å². The van der Waals surface area contributed by atoms with Crippen LogP contribution in [0.3, 0.4) is 0 Å². The van der Waals surface area contributed by atoms with Crippen molar-refractivity contribution in [1.82, 2.24) is 10.2 Å². The number of halogens is 1. The number of hydrogen-bond donors (Lipinski definition) is 2. The van der Waals surface area contributed by atoms with Gasteiger partial charge in [0.15, 0.2) is 0 Å². The Bertz CT molecular complexity index is 944. The van der Waals surface area contributed by atoms with E-state index < -0.39 is 10.8 Å². The Morgan fingerprint density at radius 3 is 2.52 bits per heavy atom. The zero-order chi connectivity index (χ0) is 21.0. The molecule has 2 aromatic rings. The van der Waals surface area contributed by atoms with E-state index in [4.69, 9.17) is 17.3 Å². The molecule has 2 aromatic carbocycles. The Balaban J connectivity index is 1.52. The molecule has 3 N–H and O–H groups in total. The molecule has 0 bridgehead atoms. The number of amides is 2. The third-order valence-electron chi connectivity index (χ3n) is 4.70. The van der Waals surface area contributed by atoms with E-state index in [1.165, 1.54) is 12.1 Å². The van der Waals surface area contributed by atoms with Gasteiger partial charge in [-0.05, 0) is 30.3 Å². The van der Waals surface area contributed by atoms with E-state index in [1.807, 2.05) is 24.3 Å². The van der Waals surface area contributed by atoms with Crippen LogP contribution in [0.25, 0.3) is 0 Å². The molecule has 3 rings (SSSR count). The molecule has 1 saturated heterocycles. The molecule has 1 fully saturated rings. The van der Waals surface area contributed by atoms with Crippen LogP contribution in [0.1, 0.15) is 10.4 Å². The first-order valence-electron chi connectivity index (χ1n) is 8.95. The van der Waals surface area contributed by atoms with Crippen LogP contribution in [0.2, 0.25) is 5.02 Å². The van der Waals surface area contributed by atoms with Crippen molar-refractivity contribution in [3.8, 4) is 0 Å². The third kappa shape index (κ3) is 4.94. The molecule has 10 heteroatoms. The summed E-state index contributed by atoms with van der Waals surface area (Å²) in [5.41, 5.74) is 6.23. The zero-order valence-corrected chi connectivity index (χ0v) is 16.3. The van der Waals surface area contributed by atoms with Crippen LogP contribution in [-0.4, -0.2) is 54.4 Å². The first-order valence-corrected chi connectivity index (χ1v) is 9.33. The van der Waals surface area contributed by atoms with Crippen LogP contribution < -0.4 is 16.0 Å². The van der Waals surface area contributed by atoms with E-state index in [1.54, 1.807) is 4.90 Å². The fourth-order valence-electron chi connectivity index (χ4n) is 3.10. The summed E-state index contributed by atoms with van der Waals surface area (Å²) in [6.07, 6.45) is 0. The highest BCUT2D eigenvalue weighted by atomic mass is 35.5. The van der Waals surface area contributed by atoms with Crippen molar-refractivity contribution in [2.45, 2.75) is 0 Å². The summed E-state index contributed by atoms with van der Waals surface area (Å²) >= 11 is 6.02. The number of carbonyl (C=O) groups is 2. The summed E-state index contributed by atoms with van der Waals surface area (Å²) in [7, 11) is 0. The lowest BCUT2D eigenvalue weighted by Crippen LogP contribution is -2.51. The highest BCUT2D eigenvalue weighted by Crippen LogP contribution is 2.22. The Morgan fingerprint density at radius 2 is 1.86 bits per heavy atom. The predicted octanol–water partition coefficient (Wildman–Crippen LogP) is 1.91. The lowest BCUT2D eigenvalue weighted by Gasteiger charge is -2.36. The Kier molecular flexibility index (Phi) is 6.18. The Morgan fingerprint density at radius 1 is 1.14 bits per heavy atom. The van der Waals surface area contributed by atoms with Gasteiger partial charge in [-0.25, -0.2) is 0 Å². The standard InChI is InChI=1S/C19H20ClN5O4/c20-14-2-1-3-15(11-14)23-6-8-24(9-7-23)18(26)12-22-19(27)13-4-5-16(21)17(10-13)25(28)29/h1-5,10-11H,6-9,12,21H2,(H,22,27). The molecular formula is C19H20ClN5O4. The second kappa shape index (κ2) is 8.78. The highest BCUT2D eigenvalue weighted by Gasteiger charge is 2.22. The first kappa shape index (κ1) is 20.4. The number of carbonyl (C=O) groups excluding carboxylic acids is 2. The second-order valence-corrected chi connectivity index (χ2v) is 7.00. The van der Waals surface area contributed by atoms with Crippen LogP contribution in [-0.2, 0) is 4.79 Å². The summed E-state index contributed by atoms with van der Waals surface area (Å²) in [6.45, 7) is 2.17. The molecule has 1 aliphatic rings. The topological polar surface area (TPSA) is 122 Å². The van der Waals surface area contributed by atoms with Crippen LogP contribution in [0.5, 0.6) is 0 Å². The summed E-state index contributed by atoms with van der Waals surface area (Å²) in [4.78, 5) is 38.7. The maximum Gasteiger partial charge on any atom is 0.292 e. The molecule has 0 aliphatic carbocycles. The minimum atomic E-state index is -0.656. The maximum atomic E-state index is 12.4. The largest absolute Gasteiger partial charge is 0.393 e. The molecule has 0 aromatic heterocycles. The smallest absolute Gasteiger partial charge is 0.292 e. The molecule has 29 heavy (non-hydrogen) atoms. The molecule has 0 saturated carbocycles. The molecule has 0 spiro atoms. The number of nitrogens with zero attached hydrogens (tertiary/aromatic N) is 3. The maximum absolute atomic E-state index is 12.4. The normalized spacial score (nSPS) is 13.8. The number of nitrogens with two attached hydrogens (primary N) is 1. The summed E-state index contributed by atoms with van der Waals surface area (Å²) in [6, 6.07) is 11.3. The van der Waals surface area contributed by atoms with E-state index in [2.05, 4.69) is 10.2 Å². The lowest BCUT2D eigenvalue weighted by molar-refractivity contribution is -0.383. The number of nitrogen functional groups attached to an aromatic ring is 1. The summed E-state index contributed by atoms with van der Waals surface area (Å²) < 4.78 is 0. The fourth-order valence-corrected chi connectivity index (χ4v) is 3.28. The van der Waals surface area contributed by atoms with Gasteiger partial charge in [-0.2, -0.15) is 0 Å². The van der Waals surface area contributed by atoms with Gasteiger partial charge in [-0.1, -0.05) is 17.7 Å². The van der Waals surface area contributed by atoms with Crippen LogP contribution >= 0.6 is 11.6 Å². The average Bonchev–Trinajstić information content (AvgIpc) is 2.72. The molecular weight excluding hydrogens is 398 g/mol. The van der Waals surface area contributed by atoms with E-state index >= 15 is 0 Å². The monoisotopic (exact) mass is 417 g/mol. The van der Waals surface area contributed by atoms with Crippen LogP contribution in [0.15, 0.2) is 42.5 Å². The summed E-state index contributed by atoms with van der Waals surface area (Å²) in [5, 5.41) is 14.1. The van der Waals surface area contributed by atoms with Crippen molar-refractivity contribution >= 4 is 40.5 Å². The third-order valence-corrected chi connectivity index (χ3v) is 4.93. The number of nitro groups is 1. The molecule has 2 amide bonds. The van der Waals surface area contributed by atoms with Crippen molar-refractivity contribution < 1.29 is 14.5 Å². The van der Waals surface area contributed by atoms with E-state index in [0.717, 1.165) is 11.8 Å². The van der Waals surface area contributed by atoms with Crippen molar-refractivity contribution in [1.29, 1.82) is 0 Å². The van der Waals surface area contributed by atoms with Gasteiger partial charge in [0.1, 0.15) is 5.69 Å². The Labute approximate surface area is 172 Å². The average molecular weight is 418 g/mol. The van der Waals surface area contributed by atoms with Crippen LogP contribution in [0.4, 0.5) is 17.1 Å². The quantitative estimate of drug-likeness (QED) is 0.435. The van der Waals surface area contributed by atoms with Gasteiger partial charge in [-0.15, -0.1) is 0 Å². The van der Waals surface area contributed by atoms with Gasteiger partial charge in [0.2, 0.25) is 5.91 Å². The van der Waals surface area contributed by atoms with Gasteiger partial charge in [0.25, 0.3) is 11.6 Å². The minimum Gasteiger partial charge on any atom is -0.393 e. The number of nitrogens with one attached hydrogen (secondary N) is 1. The molecule has 0 unspecified atom stereocenters. The number of anilines is 2. The van der Waals surface area contributed by atoms with Crippen LogP contribution in [0, 0.1) is 10.1 Å². The number of piperazine rings is 1. The molecule has 0 atom stereocenters. The highest BCUT2D eigenvalue weighted by molar-refractivity contribution is 6.30. The van der Waals surface area contributed by atoms with Crippen molar-refractivity contribution in [3.63, 3.8) is 0 Å². The van der Waals surface area contributed by atoms with Crippen molar-refractivity contribution in [2.75, 3.05) is 43.4 Å². The zero-order valence-electron chi connectivity index (χ0n) is 15.5. The first-order chi connectivity index (χ1) is 13.8. The van der Waals surface area contributed by atoms with Gasteiger partial charge in [0.05, 0.1) is 11.5 Å². The minimum absolute atomic E-state index is 0.0276. The molecule has 9 nitrogen and oxygen atoms in total. The van der Waals surface area contributed by atoms with Gasteiger partial charge >= 0.3 is 0 Å². The van der Waals surface area contributed by atoms with E-state index in [-0.39, 0.29) is 29.4 Å². The van der Waals surface area contributed by atoms with Gasteiger partial charge in [0, 0.05) is 48.5 Å². The van der Waals surface area contributed by atoms with Crippen molar-refractivity contribution in [2.24, 2.45) is 0 Å². The summed E-state index contributed by atoms with van der Waals surface area (Å²) in [5.74, 6) is -0.784. The molecule has 152 valence electrons. The molecule has 1 aliphatic heterocycles. The second-order valence-electron chi connectivity index (χ2n) is 6.56. The predicted molar refractivity (Wildman–Crippen MR) is 110 cm³/mol. The number of rotatable bonds is 5.